The van der Waals surface area contributed by atoms with Crippen molar-refractivity contribution >= 4 is 7.82 Å². The zero-order valence-electron chi connectivity index (χ0n) is 11.9. The normalized spacial score (nSPS) is 13.2. The van der Waals surface area contributed by atoms with Gasteiger partial charge < -0.3 is 13.8 Å². The first-order chi connectivity index (χ1) is 10.1. The van der Waals surface area contributed by atoms with Crippen LogP contribution in [0.1, 0.15) is 6.92 Å². The predicted molar refractivity (Wildman–Crippen MR) is 79.9 cm³/mol. The molecule has 21 heavy (non-hydrogen) atoms. The van der Waals surface area contributed by atoms with E-state index in [1.54, 1.807) is 62.6 Å². The number of ether oxygens (including phenoxy) is 1. The van der Waals surface area contributed by atoms with Crippen LogP contribution >= 0.6 is 7.82 Å². The lowest BCUT2D eigenvalue weighted by Crippen LogP contribution is -2.04. The molecule has 0 N–H and O–H groups in total. The van der Waals surface area contributed by atoms with Crippen molar-refractivity contribution in [1.82, 2.24) is 0 Å². The van der Waals surface area contributed by atoms with E-state index in [1.807, 2.05) is 6.07 Å². The van der Waals surface area contributed by atoms with Gasteiger partial charge in [-0.1, -0.05) is 18.2 Å². The summed E-state index contributed by atoms with van der Waals surface area (Å²) in [5, 5.41) is 0. The Morgan fingerprint density at radius 2 is 1.38 bits per heavy atom. The number of hydrogen-bond donors (Lipinski definition) is 0. The highest BCUT2D eigenvalue weighted by atomic mass is 31.2. The van der Waals surface area contributed by atoms with E-state index < -0.39 is 7.82 Å². The third-order valence-corrected chi connectivity index (χ3v) is 3.97. The molecule has 0 amide bonds. The molecule has 112 valence electrons. The second-order valence-electron chi connectivity index (χ2n) is 4.04. The molecule has 0 saturated carbocycles. The highest BCUT2D eigenvalue weighted by Gasteiger charge is 2.30. The molecule has 0 spiro atoms. The number of phosphoric ester groups is 1. The molecule has 2 rings (SSSR count). The Morgan fingerprint density at radius 1 is 0.857 bits per heavy atom. The predicted octanol–water partition coefficient (Wildman–Crippen LogP) is 4.30. The van der Waals surface area contributed by atoms with E-state index in [4.69, 9.17) is 18.3 Å². The Hall–Kier alpha value is -1.97. The number of hydrogen-bond acceptors (Lipinski definition) is 5. The van der Waals surface area contributed by atoms with Crippen molar-refractivity contribution in [3.63, 3.8) is 0 Å². The fourth-order valence-corrected chi connectivity index (χ4v) is 2.82. The summed E-state index contributed by atoms with van der Waals surface area (Å²) in [6.45, 7) is 1.93. The first kappa shape index (κ1) is 15.4. The van der Waals surface area contributed by atoms with Gasteiger partial charge in [-0.05, 0) is 43.3 Å². The van der Waals surface area contributed by atoms with E-state index in [0.29, 0.717) is 17.2 Å². The summed E-state index contributed by atoms with van der Waals surface area (Å²) in [5.74, 6) is 1.48. The molecular formula is C15H17O5P. The monoisotopic (exact) mass is 308 g/mol. The Balaban J connectivity index is 2.15. The van der Waals surface area contributed by atoms with Crippen LogP contribution < -0.4 is 13.8 Å². The van der Waals surface area contributed by atoms with Gasteiger partial charge in [0.2, 0.25) is 0 Å². The minimum atomic E-state index is -3.73. The van der Waals surface area contributed by atoms with Crippen molar-refractivity contribution in [3.8, 4) is 17.2 Å². The van der Waals surface area contributed by atoms with Crippen LogP contribution in [-0.4, -0.2) is 13.7 Å². The zero-order chi connectivity index (χ0) is 15.1. The van der Waals surface area contributed by atoms with Gasteiger partial charge in [0.25, 0.3) is 0 Å². The first-order valence-corrected chi connectivity index (χ1v) is 7.94. The lowest BCUT2D eigenvalue weighted by molar-refractivity contribution is 0.219. The summed E-state index contributed by atoms with van der Waals surface area (Å²) < 4.78 is 33.6. The molecule has 6 heteroatoms. The molecule has 0 saturated heterocycles. The van der Waals surface area contributed by atoms with Gasteiger partial charge in [-0.25, -0.2) is 4.57 Å². The third kappa shape index (κ3) is 4.52. The fourth-order valence-electron chi connectivity index (χ4n) is 1.61. The Bertz CT molecular complexity index is 597. The minimum Gasteiger partial charge on any atom is -0.497 e. The number of para-hydroxylation sites is 1. The molecular weight excluding hydrogens is 291 g/mol. The number of phosphoric acid groups is 1. The van der Waals surface area contributed by atoms with E-state index in [0.717, 1.165) is 0 Å². The van der Waals surface area contributed by atoms with E-state index in [-0.39, 0.29) is 6.61 Å². The topological polar surface area (TPSA) is 54.0 Å². The maximum atomic E-state index is 12.6. The van der Waals surface area contributed by atoms with E-state index in [2.05, 4.69) is 0 Å². The molecule has 1 atom stereocenters. The highest BCUT2D eigenvalue weighted by molar-refractivity contribution is 7.49. The number of methoxy groups -OCH3 is 1. The van der Waals surface area contributed by atoms with Crippen LogP contribution in [0.2, 0.25) is 0 Å². The van der Waals surface area contributed by atoms with Crippen LogP contribution in [0.4, 0.5) is 0 Å². The average molecular weight is 308 g/mol. The van der Waals surface area contributed by atoms with Gasteiger partial charge in [-0.2, -0.15) is 0 Å². The van der Waals surface area contributed by atoms with Crippen LogP contribution in [-0.2, 0) is 9.09 Å². The molecule has 0 bridgehead atoms. The maximum absolute atomic E-state index is 12.6. The lowest BCUT2D eigenvalue weighted by Gasteiger charge is -2.18. The molecule has 0 aliphatic carbocycles. The van der Waals surface area contributed by atoms with Crippen molar-refractivity contribution in [2.24, 2.45) is 0 Å². The summed E-state index contributed by atoms with van der Waals surface area (Å²) in [6, 6.07) is 15.4. The number of benzene rings is 2. The molecule has 0 aromatic heterocycles. The van der Waals surface area contributed by atoms with Gasteiger partial charge in [0.05, 0.1) is 13.7 Å². The second-order valence-corrected chi connectivity index (χ2v) is 5.55. The molecule has 0 aliphatic rings. The van der Waals surface area contributed by atoms with Crippen LogP contribution in [0.25, 0.3) is 0 Å². The molecule has 1 unspecified atom stereocenters. The van der Waals surface area contributed by atoms with Crippen molar-refractivity contribution in [3.05, 3.63) is 54.6 Å². The first-order valence-electron chi connectivity index (χ1n) is 6.48. The van der Waals surface area contributed by atoms with Gasteiger partial charge >= 0.3 is 7.82 Å². The van der Waals surface area contributed by atoms with Crippen molar-refractivity contribution in [1.29, 1.82) is 0 Å². The molecule has 2 aromatic rings. The Morgan fingerprint density at radius 3 is 1.90 bits per heavy atom. The molecule has 5 nitrogen and oxygen atoms in total. The third-order valence-electron chi connectivity index (χ3n) is 2.52. The fraction of sp³-hybridized carbons (Fsp3) is 0.200. The van der Waals surface area contributed by atoms with E-state index in [1.165, 1.54) is 0 Å². The quantitative estimate of drug-likeness (QED) is 0.714. The van der Waals surface area contributed by atoms with Crippen LogP contribution in [0.15, 0.2) is 54.6 Å². The molecule has 0 aliphatic heterocycles. The summed E-state index contributed by atoms with van der Waals surface area (Å²) in [6.07, 6.45) is 0. The van der Waals surface area contributed by atoms with Gasteiger partial charge in [0.15, 0.2) is 0 Å². The van der Waals surface area contributed by atoms with Gasteiger partial charge in [-0.15, -0.1) is 0 Å². The van der Waals surface area contributed by atoms with E-state index >= 15 is 0 Å². The lowest BCUT2D eigenvalue weighted by atomic mass is 10.3. The van der Waals surface area contributed by atoms with Crippen molar-refractivity contribution in [2.75, 3.05) is 13.7 Å². The summed E-state index contributed by atoms with van der Waals surface area (Å²) in [4.78, 5) is 0. The van der Waals surface area contributed by atoms with E-state index in [9.17, 15) is 4.57 Å². The van der Waals surface area contributed by atoms with Crippen LogP contribution in [0.5, 0.6) is 17.2 Å². The molecule has 0 radical (unpaired) electrons. The van der Waals surface area contributed by atoms with Crippen molar-refractivity contribution in [2.45, 2.75) is 6.92 Å². The average Bonchev–Trinajstić information content (AvgIpc) is 2.49. The SMILES string of the molecule is CCOP(=O)(Oc1ccccc1)Oc1ccc(OC)cc1. The van der Waals surface area contributed by atoms with Crippen LogP contribution in [0, 0.1) is 0 Å². The summed E-state index contributed by atoms with van der Waals surface area (Å²) >= 11 is 0. The van der Waals surface area contributed by atoms with Gasteiger partial charge in [0, 0.05) is 0 Å². The summed E-state index contributed by atoms with van der Waals surface area (Å²) in [5.41, 5.74) is 0. The molecule has 0 fully saturated rings. The smallest absolute Gasteiger partial charge is 0.497 e. The summed E-state index contributed by atoms with van der Waals surface area (Å²) in [7, 11) is -2.16. The van der Waals surface area contributed by atoms with Crippen LogP contribution in [0.3, 0.4) is 0 Å². The van der Waals surface area contributed by atoms with Gasteiger partial charge in [0.1, 0.15) is 17.2 Å². The largest absolute Gasteiger partial charge is 0.587 e. The zero-order valence-corrected chi connectivity index (χ0v) is 12.8. The highest BCUT2D eigenvalue weighted by Crippen LogP contribution is 2.49. The minimum absolute atomic E-state index is 0.209. The maximum Gasteiger partial charge on any atom is 0.587 e. The molecule has 2 aromatic carbocycles. The van der Waals surface area contributed by atoms with Crippen molar-refractivity contribution < 1.29 is 22.9 Å². The standard InChI is InChI=1S/C15H17O5P/c1-3-18-21(16,19-14-7-5-4-6-8-14)20-15-11-9-13(17-2)10-12-15/h4-12H,3H2,1-2H3. The number of rotatable bonds is 7. The second kappa shape index (κ2) is 7.16. The Labute approximate surface area is 124 Å². The van der Waals surface area contributed by atoms with Gasteiger partial charge in [-0.3, -0.25) is 4.52 Å². The Kier molecular flexibility index (Phi) is 5.26. The molecule has 0 heterocycles.